The van der Waals surface area contributed by atoms with Gasteiger partial charge in [-0.1, -0.05) is 0 Å². The highest BCUT2D eigenvalue weighted by Crippen LogP contribution is 2.31. The van der Waals surface area contributed by atoms with Crippen molar-refractivity contribution in [3.63, 3.8) is 0 Å². The summed E-state index contributed by atoms with van der Waals surface area (Å²) < 4.78 is 10.1. The molecule has 1 atom stereocenters. The van der Waals surface area contributed by atoms with Crippen LogP contribution >= 0.6 is 11.3 Å². The number of aryl methyl sites for hydroxylation is 3. The fourth-order valence-electron chi connectivity index (χ4n) is 3.31. The first-order valence-corrected chi connectivity index (χ1v) is 9.29. The van der Waals surface area contributed by atoms with E-state index in [-0.39, 0.29) is 11.5 Å². The first-order chi connectivity index (χ1) is 12.3. The Labute approximate surface area is 155 Å². The summed E-state index contributed by atoms with van der Waals surface area (Å²) >= 11 is 1.44. The number of aromatic nitrogens is 1. The van der Waals surface area contributed by atoms with Crippen LogP contribution in [0.1, 0.15) is 65.6 Å². The largest absolute Gasteiger partial charge is 0.465 e. The predicted octanol–water partition coefficient (Wildman–Crippen LogP) is 3.40. The third kappa shape index (κ3) is 3.19. The van der Waals surface area contributed by atoms with E-state index in [1.54, 1.807) is 13.8 Å². The van der Waals surface area contributed by atoms with Crippen LogP contribution in [0.15, 0.2) is 6.07 Å². The zero-order valence-electron chi connectivity index (χ0n) is 15.2. The number of hydrogen-bond acceptors (Lipinski definition) is 6. The summed E-state index contributed by atoms with van der Waals surface area (Å²) in [6, 6.07) is 1.87. The Balaban J connectivity index is 1.75. The lowest BCUT2D eigenvalue weighted by Crippen LogP contribution is -2.25. The molecule has 2 aromatic rings. The quantitative estimate of drug-likeness (QED) is 0.639. The average molecular weight is 375 g/mol. The monoisotopic (exact) mass is 375 g/mol. The Morgan fingerprint density at radius 1 is 1.19 bits per heavy atom. The van der Waals surface area contributed by atoms with E-state index in [1.165, 1.54) is 35.8 Å². The lowest BCUT2D eigenvalue weighted by Gasteiger charge is -2.11. The molecule has 0 unspecified atom stereocenters. The first-order valence-electron chi connectivity index (χ1n) is 8.47. The summed E-state index contributed by atoms with van der Waals surface area (Å²) in [5.41, 5.74) is 2.85. The molecule has 1 N–H and O–H groups in total. The van der Waals surface area contributed by atoms with Crippen molar-refractivity contribution in [2.24, 2.45) is 0 Å². The van der Waals surface area contributed by atoms with Crippen molar-refractivity contribution in [1.82, 2.24) is 4.98 Å². The lowest BCUT2D eigenvalue weighted by atomic mass is 10.1. The molecule has 1 aliphatic rings. The van der Waals surface area contributed by atoms with E-state index in [0.717, 1.165) is 19.3 Å². The van der Waals surface area contributed by atoms with E-state index in [1.807, 2.05) is 6.07 Å². The molecule has 0 bridgehead atoms. The van der Waals surface area contributed by atoms with Crippen LogP contribution in [-0.4, -0.2) is 35.9 Å². The second-order valence-electron chi connectivity index (χ2n) is 6.44. The number of H-pyrrole nitrogens is 1. The van der Waals surface area contributed by atoms with Gasteiger partial charge in [-0.2, -0.15) is 0 Å². The molecule has 2 heterocycles. The van der Waals surface area contributed by atoms with Crippen LogP contribution in [-0.2, 0) is 22.3 Å². The van der Waals surface area contributed by atoms with Crippen molar-refractivity contribution in [3.05, 3.63) is 43.9 Å². The van der Waals surface area contributed by atoms with Crippen LogP contribution in [0.4, 0.5) is 0 Å². The Morgan fingerprint density at radius 3 is 2.58 bits per heavy atom. The Morgan fingerprint density at radius 2 is 1.92 bits per heavy atom. The predicted molar refractivity (Wildman–Crippen MR) is 97.2 cm³/mol. The van der Waals surface area contributed by atoms with Gasteiger partial charge in [0.05, 0.1) is 18.4 Å². The topological polar surface area (TPSA) is 85.5 Å². The lowest BCUT2D eigenvalue weighted by molar-refractivity contribution is 0.0321. The van der Waals surface area contributed by atoms with Crippen LogP contribution in [0.5, 0.6) is 0 Å². The zero-order chi connectivity index (χ0) is 19.0. The Kier molecular flexibility index (Phi) is 5.00. The first kappa shape index (κ1) is 18.4. The van der Waals surface area contributed by atoms with Crippen molar-refractivity contribution >= 4 is 29.1 Å². The van der Waals surface area contributed by atoms with E-state index in [9.17, 15) is 14.4 Å². The second kappa shape index (κ2) is 7.07. The summed E-state index contributed by atoms with van der Waals surface area (Å²) in [4.78, 5) is 41.6. The van der Waals surface area contributed by atoms with Gasteiger partial charge in [-0.15, -0.1) is 11.3 Å². The third-order valence-corrected chi connectivity index (χ3v) is 5.89. The SMILES string of the molecule is COC(=O)c1c(C)[nH]c(C(=O)[C@H](C)OC(=O)c2cc3c(s2)CCC3)c1C. The maximum Gasteiger partial charge on any atom is 0.349 e. The number of aromatic amines is 1. The minimum absolute atomic E-state index is 0.261. The molecule has 3 rings (SSSR count). The van der Waals surface area contributed by atoms with E-state index in [0.29, 0.717) is 21.7 Å². The summed E-state index contributed by atoms with van der Waals surface area (Å²) in [6.45, 7) is 4.90. The van der Waals surface area contributed by atoms with Gasteiger partial charge in [0.15, 0.2) is 6.10 Å². The number of ether oxygens (including phenoxy) is 2. The molecule has 2 aromatic heterocycles. The molecule has 0 saturated carbocycles. The van der Waals surface area contributed by atoms with Crippen molar-refractivity contribution in [2.45, 2.75) is 46.1 Å². The van der Waals surface area contributed by atoms with Gasteiger partial charge in [-0.25, -0.2) is 9.59 Å². The normalized spacial score (nSPS) is 14.0. The fourth-order valence-corrected chi connectivity index (χ4v) is 4.45. The number of esters is 2. The number of thiophene rings is 1. The Hall–Kier alpha value is -2.41. The molecule has 138 valence electrons. The smallest absolute Gasteiger partial charge is 0.349 e. The van der Waals surface area contributed by atoms with Crippen LogP contribution in [0, 0.1) is 13.8 Å². The van der Waals surface area contributed by atoms with Crippen molar-refractivity contribution in [3.8, 4) is 0 Å². The average Bonchev–Trinajstić information content (AvgIpc) is 3.27. The van der Waals surface area contributed by atoms with E-state index >= 15 is 0 Å². The zero-order valence-corrected chi connectivity index (χ0v) is 16.0. The highest BCUT2D eigenvalue weighted by atomic mass is 32.1. The molecule has 0 saturated heterocycles. The highest BCUT2D eigenvalue weighted by molar-refractivity contribution is 7.14. The summed E-state index contributed by atoms with van der Waals surface area (Å²) in [5, 5.41) is 0. The molecule has 26 heavy (non-hydrogen) atoms. The van der Waals surface area contributed by atoms with Crippen molar-refractivity contribution < 1.29 is 23.9 Å². The summed E-state index contributed by atoms with van der Waals surface area (Å²) in [6.07, 6.45) is 2.16. The van der Waals surface area contributed by atoms with Gasteiger partial charge < -0.3 is 14.5 Å². The van der Waals surface area contributed by atoms with E-state index in [4.69, 9.17) is 9.47 Å². The standard InChI is InChI=1S/C19H21NO5S/c1-9-15(19(23)24-4)10(2)20-16(9)17(21)11(3)25-18(22)14-8-12-6-5-7-13(12)26-14/h8,11,20H,5-7H2,1-4H3/t11-/m0/s1. The van der Waals surface area contributed by atoms with Crippen molar-refractivity contribution in [1.29, 1.82) is 0 Å². The van der Waals surface area contributed by atoms with Crippen molar-refractivity contribution in [2.75, 3.05) is 7.11 Å². The van der Waals surface area contributed by atoms with Gasteiger partial charge in [0.2, 0.25) is 5.78 Å². The number of rotatable bonds is 5. The maximum absolute atomic E-state index is 12.7. The number of fused-ring (bicyclic) bond motifs is 1. The number of nitrogens with one attached hydrogen (secondary N) is 1. The van der Waals surface area contributed by atoms with Gasteiger partial charge in [0.1, 0.15) is 4.88 Å². The molecule has 0 amide bonds. The molecule has 6 nitrogen and oxygen atoms in total. The summed E-state index contributed by atoms with van der Waals surface area (Å²) in [5.74, 6) is -1.37. The van der Waals surface area contributed by atoms with Gasteiger partial charge >= 0.3 is 11.9 Å². The Bertz CT molecular complexity index is 871. The number of Topliss-reactive ketones (excluding diaryl/α,β-unsaturated/α-hetero) is 1. The highest BCUT2D eigenvalue weighted by Gasteiger charge is 2.28. The van der Waals surface area contributed by atoms with Crippen LogP contribution in [0.25, 0.3) is 0 Å². The molecule has 0 aromatic carbocycles. The van der Waals surface area contributed by atoms with Gasteiger partial charge in [0.25, 0.3) is 0 Å². The molecular weight excluding hydrogens is 354 g/mol. The molecule has 0 spiro atoms. The number of methoxy groups -OCH3 is 1. The molecule has 0 radical (unpaired) electrons. The van der Waals surface area contributed by atoms with E-state index < -0.39 is 18.0 Å². The fraction of sp³-hybridized carbons (Fsp3) is 0.421. The number of carbonyl (C=O) groups is 3. The minimum Gasteiger partial charge on any atom is -0.465 e. The van der Waals surface area contributed by atoms with E-state index in [2.05, 4.69) is 4.98 Å². The van der Waals surface area contributed by atoms with Gasteiger partial charge in [-0.05, 0) is 57.2 Å². The summed E-state index contributed by atoms with van der Waals surface area (Å²) in [7, 11) is 1.29. The maximum atomic E-state index is 12.7. The molecule has 0 fully saturated rings. The molecular formula is C19H21NO5S. The second-order valence-corrected chi connectivity index (χ2v) is 7.58. The van der Waals surface area contributed by atoms with Gasteiger partial charge in [-0.3, -0.25) is 4.79 Å². The number of hydrogen-bond donors (Lipinski definition) is 1. The van der Waals surface area contributed by atoms with Crippen LogP contribution < -0.4 is 0 Å². The van der Waals surface area contributed by atoms with Gasteiger partial charge in [0, 0.05) is 10.6 Å². The number of carbonyl (C=O) groups excluding carboxylic acids is 3. The minimum atomic E-state index is -0.957. The van der Waals surface area contributed by atoms with Crippen LogP contribution in [0.3, 0.4) is 0 Å². The van der Waals surface area contributed by atoms with Crippen LogP contribution in [0.2, 0.25) is 0 Å². The molecule has 1 aliphatic carbocycles. The third-order valence-electron chi connectivity index (χ3n) is 4.67. The molecule has 7 heteroatoms. The number of ketones is 1. The molecule has 0 aliphatic heterocycles.